The van der Waals surface area contributed by atoms with Crippen molar-refractivity contribution in [3.63, 3.8) is 0 Å². The number of carboxylic acid groups (broad SMARTS) is 1. The zero-order chi connectivity index (χ0) is 19.6. The van der Waals surface area contributed by atoms with E-state index in [9.17, 15) is 24.8 Å². The Morgan fingerprint density at radius 2 is 1.96 bits per heavy atom. The molecule has 0 bridgehead atoms. The van der Waals surface area contributed by atoms with Gasteiger partial charge in [-0.2, -0.15) is 0 Å². The van der Waals surface area contributed by atoms with Crippen molar-refractivity contribution in [1.82, 2.24) is 4.90 Å². The van der Waals surface area contributed by atoms with Crippen LogP contribution in [-0.2, 0) is 9.59 Å². The molecule has 2 heterocycles. The van der Waals surface area contributed by atoms with Crippen LogP contribution in [0.25, 0.3) is 17.4 Å². The lowest BCUT2D eigenvalue weighted by Crippen LogP contribution is -2.33. The first-order valence-electron chi connectivity index (χ1n) is 7.65. The van der Waals surface area contributed by atoms with Crippen LogP contribution in [0.4, 0.5) is 5.69 Å². The van der Waals surface area contributed by atoms with E-state index in [-0.39, 0.29) is 28.9 Å². The molecule has 0 aliphatic carbocycles. The van der Waals surface area contributed by atoms with Gasteiger partial charge in [0.15, 0.2) is 0 Å². The third-order valence-electron chi connectivity index (χ3n) is 3.68. The number of nitro groups is 1. The molecule has 1 saturated heterocycles. The summed E-state index contributed by atoms with van der Waals surface area (Å²) in [7, 11) is 0. The summed E-state index contributed by atoms with van der Waals surface area (Å²) in [6.07, 6.45) is 1.22. The van der Waals surface area contributed by atoms with E-state index in [4.69, 9.17) is 16.6 Å². The summed E-state index contributed by atoms with van der Waals surface area (Å²) in [4.78, 5) is 34.7. The fraction of sp³-hybridized carbons (Fsp3) is 0.118. The molecule has 8 nitrogen and oxygen atoms in total. The minimum absolute atomic E-state index is 0.0224. The molecule has 1 aromatic heterocycles. The highest BCUT2D eigenvalue weighted by Gasteiger charge is 2.31. The van der Waals surface area contributed by atoms with Gasteiger partial charge in [-0.05, 0) is 24.3 Å². The number of carboxylic acids is 1. The molecule has 2 aromatic rings. The average Bonchev–Trinajstić information content (AvgIpc) is 3.19. The summed E-state index contributed by atoms with van der Waals surface area (Å²) in [5.74, 6) is -0.751. The second kappa shape index (κ2) is 7.72. The number of carbonyl (C=O) groups is 2. The highest BCUT2D eigenvalue weighted by molar-refractivity contribution is 8.26. The number of carbonyl (C=O) groups excluding carboxylic acids is 2. The minimum atomic E-state index is -1.26. The van der Waals surface area contributed by atoms with Crippen LogP contribution in [0.3, 0.4) is 0 Å². The number of non-ortho nitro benzene ring substituents is 1. The largest absolute Gasteiger partial charge is 0.550 e. The highest BCUT2D eigenvalue weighted by Crippen LogP contribution is 2.33. The van der Waals surface area contributed by atoms with Crippen LogP contribution in [-0.4, -0.2) is 32.6 Å². The topological polar surface area (TPSA) is 117 Å². The number of nitrogens with zero attached hydrogens (tertiary/aromatic N) is 2. The summed E-state index contributed by atoms with van der Waals surface area (Å²) in [6, 6.07) is 9.23. The maximum atomic E-state index is 12.3. The third-order valence-corrected chi connectivity index (χ3v) is 5.05. The van der Waals surface area contributed by atoms with Gasteiger partial charge in [-0.1, -0.05) is 24.0 Å². The molecule has 10 heteroatoms. The zero-order valence-electron chi connectivity index (χ0n) is 13.6. The van der Waals surface area contributed by atoms with Gasteiger partial charge in [0.05, 0.1) is 9.83 Å². The van der Waals surface area contributed by atoms with Crippen molar-refractivity contribution in [1.29, 1.82) is 0 Å². The highest BCUT2D eigenvalue weighted by atomic mass is 32.2. The van der Waals surface area contributed by atoms with Gasteiger partial charge in [0.2, 0.25) is 0 Å². The number of furan rings is 1. The van der Waals surface area contributed by atoms with Crippen LogP contribution in [0, 0.1) is 10.1 Å². The minimum Gasteiger partial charge on any atom is -0.550 e. The predicted molar refractivity (Wildman–Crippen MR) is 100 cm³/mol. The molecule has 3 rings (SSSR count). The number of rotatable bonds is 6. The summed E-state index contributed by atoms with van der Waals surface area (Å²) in [5.41, 5.74) is 0.632. The van der Waals surface area contributed by atoms with Gasteiger partial charge < -0.3 is 14.3 Å². The Morgan fingerprint density at radius 3 is 2.59 bits per heavy atom. The first-order chi connectivity index (χ1) is 12.8. The second-order valence-electron chi connectivity index (χ2n) is 5.46. The molecule has 0 atom stereocenters. The fourth-order valence-corrected chi connectivity index (χ4v) is 3.65. The summed E-state index contributed by atoms with van der Waals surface area (Å²) < 4.78 is 5.94. The molecule has 0 spiro atoms. The van der Waals surface area contributed by atoms with Crippen LogP contribution in [0.2, 0.25) is 0 Å². The molecule has 1 fully saturated rings. The number of amides is 1. The maximum absolute atomic E-state index is 12.3. The molecule has 1 aliphatic rings. The molecule has 27 heavy (non-hydrogen) atoms. The Morgan fingerprint density at radius 1 is 1.26 bits per heavy atom. The summed E-state index contributed by atoms with van der Waals surface area (Å²) >= 11 is 6.17. The molecule has 0 radical (unpaired) electrons. The molecule has 1 aliphatic heterocycles. The van der Waals surface area contributed by atoms with E-state index >= 15 is 0 Å². The van der Waals surface area contributed by atoms with Crippen molar-refractivity contribution in [3.05, 3.63) is 57.2 Å². The lowest BCUT2D eigenvalue weighted by Gasteiger charge is -2.14. The molecule has 138 valence electrons. The Labute approximate surface area is 162 Å². The van der Waals surface area contributed by atoms with Crippen molar-refractivity contribution in [2.75, 3.05) is 6.54 Å². The Kier molecular flexibility index (Phi) is 5.38. The quantitative estimate of drug-likeness (QED) is 0.312. The lowest BCUT2D eigenvalue weighted by molar-refractivity contribution is -0.384. The summed E-state index contributed by atoms with van der Waals surface area (Å²) in [6.45, 7) is -0.0451. The van der Waals surface area contributed by atoms with Crippen LogP contribution >= 0.6 is 24.0 Å². The van der Waals surface area contributed by atoms with E-state index in [0.717, 1.165) is 11.8 Å². The second-order valence-corrected chi connectivity index (χ2v) is 7.14. The molecule has 0 unspecified atom stereocenters. The maximum Gasteiger partial charge on any atom is 0.269 e. The Hall–Kier alpha value is -2.98. The van der Waals surface area contributed by atoms with E-state index in [1.165, 1.54) is 23.1 Å². The first kappa shape index (κ1) is 18.8. The molecule has 0 saturated carbocycles. The van der Waals surface area contributed by atoms with Crippen molar-refractivity contribution < 1.29 is 24.0 Å². The van der Waals surface area contributed by atoms with Crippen LogP contribution in [0.15, 0.2) is 45.7 Å². The van der Waals surface area contributed by atoms with E-state index in [1.54, 1.807) is 24.3 Å². The predicted octanol–water partition coefficient (Wildman–Crippen LogP) is 2.20. The van der Waals surface area contributed by atoms with Crippen molar-refractivity contribution >= 4 is 51.9 Å². The molecule has 1 amide bonds. The number of nitro benzene ring substituents is 1. The van der Waals surface area contributed by atoms with Crippen molar-refractivity contribution in [3.8, 4) is 11.3 Å². The van der Waals surface area contributed by atoms with Crippen molar-refractivity contribution in [2.24, 2.45) is 0 Å². The summed E-state index contributed by atoms with van der Waals surface area (Å²) in [5, 5.41) is 21.3. The standard InChI is InChI=1S/C17H12N2O6S2/c20-15(21)7-8-18-16(22)14(27-17(18)26)9-12-5-6-13(25-12)10-1-3-11(4-2-10)19(23)24/h1-6,9H,7-8H2,(H,20,21)/p-1/b14-9-. The van der Waals surface area contributed by atoms with Gasteiger partial charge >= 0.3 is 0 Å². The van der Waals surface area contributed by atoms with Crippen molar-refractivity contribution in [2.45, 2.75) is 6.42 Å². The normalized spacial score (nSPS) is 15.6. The average molecular weight is 403 g/mol. The number of thioether (sulfide) groups is 1. The molecule has 0 N–H and O–H groups in total. The van der Waals surface area contributed by atoms with Crippen LogP contribution < -0.4 is 5.11 Å². The molecule has 1 aromatic carbocycles. The monoisotopic (exact) mass is 403 g/mol. The number of hydrogen-bond acceptors (Lipinski definition) is 8. The zero-order valence-corrected chi connectivity index (χ0v) is 15.2. The molecular weight excluding hydrogens is 392 g/mol. The van der Waals surface area contributed by atoms with Gasteiger partial charge in [0.1, 0.15) is 15.8 Å². The fourth-order valence-electron chi connectivity index (χ4n) is 2.36. The Bertz CT molecular complexity index is 964. The number of benzene rings is 1. The number of thiocarbonyl (C=S) groups is 1. The Balaban J connectivity index is 1.76. The van der Waals surface area contributed by atoms with Gasteiger partial charge in [-0.25, -0.2) is 0 Å². The lowest BCUT2D eigenvalue weighted by atomic mass is 10.1. The van der Waals surface area contributed by atoms with E-state index in [1.807, 2.05) is 0 Å². The number of hydrogen-bond donors (Lipinski definition) is 0. The van der Waals surface area contributed by atoms with Gasteiger partial charge in [0, 0.05) is 42.7 Å². The van der Waals surface area contributed by atoms with Crippen LogP contribution in [0.1, 0.15) is 12.2 Å². The van der Waals surface area contributed by atoms with E-state index < -0.39 is 10.9 Å². The SMILES string of the molecule is O=C([O-])CCN1C(=O)/C(=C/c2ccc(-c3ccc([N+](=O)[O-])cc3)o2)SC1=S. The first-order valence-corrected chi connectivity index (χ1v) is 8.87. The van der Waals surface area contributed by atoms with E-state index in [2.05, 4.69) is 0 Å². The molecular formula is C17H11N2O6S2-. The van der Waals surface area contributed by atoms with E-state index in [0.29, 0.717) is 22.0 Å². The number of aliphatic carboxylic acids is 1. The van der Waals surface area contributed by atoms with Crippen LogP contribution in [0.5, 0.6) is 0 Å². The smallest absolute Gasteiger partial charge is 0.269 e. The third kappa shape index (κ3) is 4.23. The van der Waals surface area contributed by atoms with Gasteiger partial charge in [-0.3, -0.25) is 19.8 Å². The van der Waals surface area contributed by atoms with Gasteiger partial charge in [0.25, 0.3) is 11.6 Å². The van der Waals surface area contributed by atoms with Gasteiger partial charge in [-0.15, -0.1) is 0 Å².